The standard InChI is InChI=1S/C32H32FN3O3/c1-19-30(20(2)39-35-19)22-10-17-28-27(18-22)34-32(36(28)24-13-15-25(37-3)16-14-24)26-6-5-7-29(38-4)31(26)21-8-11-23(33)12-9-21/h5-12,17-18,24-25H,13-16H2,1-4H3/t24-,25-. The first-order chi connectivity index (χ1) is 19.0. The molecule has 7 heteroatoms. The largest absolute Gasteiger partial charge is 0.496 e. The van der Waals surface area contributed by atoms with E-state index in [0.717, 1.165) is 87.6 Å². The molecule has 1 aliphatic carbocycles. The number of nitrogens with zero attached hydrogens (tertiary/aromatic N) is 3. The Morgan fingerprint density at radius 2 is 1.64 bits per heavy atom. The van der Waals surface area contributed by atoms with E-state index >= 15 is 0 Å². The Labute approximate surface area is 227 Å². The first kappa shape index (κ1) is 25.3. The van der Waals surface area contributed by atoms with E-state index in [-0.39, 0.29) is 18.0 Å². The summed E-state index contributed by atoms with van der Waals surface area (Å²) in [6, 6.07) is 19.2. The molecule has 0 bridgehead atoms. The summed E-state index contributed by atoms with van der Waals surface area (Å²) < 4.78 is 33.2. The number of hydrogen-bond donors (Lipinski definition) is 0. The summed E-state index contributed by atoms with van der Waals surface area (Å²) in [5.74, 6) is 2.11. The monoisotopic (exact) mass is 525 g/mol. The van der Waals surface area contributed by atoms with Crippen molar-refractivity contribution in [1.82, 2.24) is 14.7 Å². The highest BCUT2D eigenvalue weighted by atomic mass is 19.1. The van der Waals surface area contributed by atoms with Crippen molar-refractivity contribution in [2.45, 2.75) is 51.7 Å². The number of ether oxygens (including phenoxy) is 2. The van der Waals surface area contributed by atoms with Gasteiger partial charge in [0.15, 0.2) is 0 Å². The summed E-state index contributed by atoms with van der Waals surface area (Å²) in [4.78, 5) is 5.26. The van der Waals surface area contributed by atoms with Gasteiger partial charge in [-0.2, -0.15) is 0 Å². The fourth-order valence-electron chi connectivity index (χ4n) is 6.05. The number of halogens is 1. The van der Waals surface area contributed by atoms with Gasteiger partial charge < -0.3 is 18.6 Å². The average molecular weight is 526 g/mol. The van der Waals surface area contributed by atoms with Crippen LogP contribution in [0, 0.1) is 19.7 Å². The quantitative estimate of drug-likeness (QED) is 0.225. The number of imidazole rings is 1. The molecule has 0 amide bonds. The number of rotatable bonds is 6. The van der Waals surface area contributed by atoms with Gasteiger partial charge in [0.25, 0.3) is 0 Å². The van der Waals surface area contributed by atoms with Crippen molar-refractivity contribution in [2.75, 3.05) is 14.2 Å². The van der Waals surface area contributed by atoms with E-state index in [4.69, 9.17) is 19.0 Å². The smallest absolute Gasteiger partial charge is 0.142 e. The lowest BCUT2D eigenvalue weighted by atomic mass is 9.91. The molecule has 0 unspecified atom stereocenters. The zero-order valence-electron chi connectivity index (χ0n) is 22.7. The Bertz CT molecular complexity index is 1610. The van der Waals surface area contributed by atoms with Crippen molar-refractivity contribution in [3.63, 3.8) is 0 Å². The van der Waals surface area contributed by atoms with Gasteiger partial charge in [-0.1, -0.05) is 35.5 Å². The molecule has 200 valence electrons. The summed E-state index contributed by atoms with van der Waals surface area (Å²) in [5.41, 5.74) is 7.60. The van der Waals surface area contributed by atoms with Crippen molar-refractivity contribution in [3.05, 3.63) is 77.9 Å². The molecule has 0 spiro atoms. The number of hydrogen-bond acceptors (Lipinski definition) is 5. The van der Waals surface area contributed by atoms with Gasteiger partial charge in [0.1, 0.15) is 23.2 Å². The highest BCUT2D eigenvalue weighted by molar-refractivity contribution is 5.91. The molecule has 0 aliphatic heterocycles. The molecule has 1 fully saturated rings. The molecule has 0 radical (unpaired) electrons. The van der Waals surface area contributed by atoms with Crippen molar-refractivity contribution in [1.29, 1.82) is 0 Å². The predicted octanol–water partition coefficient (Wildman–Crippen LogP) is 7.92. The Morgan fingerprint density at radius 3 is 2.31 bits per heavy atom. The summed E-state index contributed by atoms with van der Waals surface area (Å²) in [7, 11) is 3.46. The van der Waals surface area contributed by atoms with Gasteiger partial charge in [0.05, 0.1) is 29.9 Å². The lowest BCUT2D eigenvalue weighted by Gasteiger charge is -2.30. The Kier molecular flexibility index (Phi) is 6.69. The van der Waals surface area contributed by atoms with Gasteiger partial charge in [-0.25, -0.2) is 9.37 Å². The van der Waals surface area contributed by atoms with Gasteiger partial charge in [0, 0.05) is 29.8 Å². The van der Waals surface area contributed by atoms with Gasteiger partial charge in [-0.3, -0.25) is 0 Å². The Morgan fingerprint density at radius 1 is 0.897 bits per heavy atom. The summed E-state index contributed by atoms with van der Waals surface area (Å²) in [5, 5.41) is 4.15. The lowest BCUT2D eigenvalue weighted by Crippen LogP contribution is -2.23. The molecule has 3 aromatic carbocycles. The molecule has 0 atom stereocenters. The van der Waals surface area contributed by atoms with Crippen LogP contribution >= 0.6 is 0 Å². The second-order valence-corrected chi connectivity index (χ2v) is 10.3. The molecule has 6 rings (SSSR count). The third kappa shape index (κ3) is 4.51. The van der Waals surface area contributed by atoms with Gasteiger partial charge in [-0.15, -0.1) is 0 Å². The van der Waals surface area contributed by atoms with Crippen LogP contribution < -0.4 is 4.74 Å². The second kappa shape index (κ2) is 10.3. The van der Waals surface area contributed by atoms with Crippen molar-refractivity contribution in [2.24, 2.45) is 0 Å². The van der Waals surface area contributed by atoms with Crippen LogP contribution in [0.3, 0.4) is 0 Å². The maximum Gasteiger partial charge on any atom is 0.142 e. The molecule has 39 heavy (non-hydrogen) atoms. The molecule has 2 aromatic heterocycles. The van der Waals surface area contributed by atoms with Crippen LogP contribution in [-0.4, -0.2) is 35.0 Å². The van der Waals surface area contributed by atoms with Crippen molar-refractivity contribution < 1.29 is 18.4 Å². The third-order valence-electron chi connectivity index (χ3n) is 7.97. The molecule has 5 aromatic rings. The normalized spacial score (nSPS) is 17.6. The zero-order valence-corrected chi connectivity index (χ0v) is 22.7. The van der Waals surface area contributed by atoms with Crippen molar-refractivity contribution >= 4 is 11.0 Å². The van der Waals surface area contributed by atoms with Gasteiger partial charge in [-0.05, 0) is 81.0 Å². The highest BCUT2D eigenvalue weighted by Gasteiger charge is 2.28. The Hall–Kier alpha value is -3.97. The summed E-state index contributed by atoms with van der Waals surface area (Å²) in [6.45, 7) is 3.89. The number of aromatic nitrogens is 3. The summed E-state index contributed by atoms with van der Waals surface area (Å²) in [6.07, 6.45) is 4.29. The highest BCUT2D eigenvalue weighted by Crippen LogP contribution is 2.43. The van der Waals surface area contributed by atoms with E-state index in [1.54, 1.807) is 26.4 Å². The number of benzene rings is 3. The molecule has 1 saturated carbocycles. The number of methoxy groups -OCH3 is 2. The predicted molar refractivity (Wildman–Crippen MR) is 150 cm³/mol. The SMILES string of the molecule is COc1cccc(-c2nc3cc(-c4c(C)noc4C)ccc3n2[C@H]2CC[C@H](OC)CC2)c1-c1ccc(F)cc1. The van der Waals surface area contributed by atoms with Crippen LogP contribution in [0.5, 0.6) is 5.75 Å². The Balaban J connectivity index is 1.58. The van der Waals surface area contributed by atoms with Gasteiger partial charge >= 0.3 is 0 Å². The minimum atomic E-state index is -0.274. The molecule has 0 saturated heterocycles. The van der Waals surface area contributed by atoms with Crippen LogP contribution in [0.4, 0.5) is 4.39 Å². The van der Waals surface area contributed by atoms with E-state index in [1.807, 2.05) is 26.0 Å². The summed E-state index contributed by atoms with van der Waals surface area (Å²) >= 11 is 0. The molecule has 0 N–H and O–H groups in total. The molecule has 6 nitrogen and oxygen atoms in total. The number of fused-ring (bicyclic) bond motifs is 1. The van der Waals surface area contributed by atoms with E-state index in [2.05, 4.69) is 34.0 Å². The van der Waals surface area contributed by atoms with E-state index in [0.29, 0.717) is 0 Å². The van der Waals surface area contributed by atoms with Crippen LogP contribution in [0.1, 0.15) is 43.2 Å². The lowest BCUT2D eigenvalue weighted by molar-refractivity contribution is 0.0591. The molecule has 2 heterocycles. The first-order valence-electron chi connectivity index (χ1n) is 13.4. The minimum Gasteiger partial charge on any atom is -0.496 e. The average Bonchev–Trinajstić information content (AvgIpc) is 3.51. The van der Waals surface area contributed by atoms with Crippen LogP contribution in [0.15, 0.2) is 65.2 Å². The third-order valence-corrected chi connectivity index (χ3v) is 7.97. The minimum absolute atomic E-state index is 0.272. The fourth-order valence-corrected chi connectivity index (χ4v) is 6.05. The molecule has 1 aliphatic rings. The van der Waals surface area contributed by atoms with Crippen LogP contribution in [0.2, 0.25) is 0 Å². The van der Waals surface area contributed by atoms with E-state index in [9.17, 15) is 4.39 Å². The first-order valence-corrected chi connectivity index (χ1v) is 13.4. The molecular weight excluding hydrogens is 493 g/mol. The number of aryl methyl sites for hydroxylation is 2. The maximum atomic E-state index is 13.9. The molecular formula is C32H32FN3O3. The zero-order chi connectivity index (χ0) is 27.1. The van der Waals surface area contributed by atoms with Crippen LogP contribution in [-0.2, 0) is 4.74 Å². The van der Waals surface area contributed by atoms with Crippen LogP contribution in [0.25, 0.3) is 44.7 Å². The maximum absolute atomic E-state index is 13.9. The van der Waals surface area contributed by atoms with Crippen molar-refractivity contribution in [3.8, 4) is 39.4 Å². The van der Waals surface area contributed by atoms with Gasteiger partial charge in [0.2, 0.25) is 0 Å². The fraction of sp³-hybridized carbons (Fsp3) is 0.312. The topological polar surface area (TPSA) is 62.3 Å². The van der Waals surface area contributed by atoms with E-state index in [1.165, 1.54) is 12.1 Å². The van der Waals surface area contributed by atoms with E-state index < -0.39 is 0 Å². The second-order valence-electron chi connectivity index (χ2n) is 10.3.